The number of hydrogen-bond donors (Lipinski definition) is 2. The fourth-order valence-electron chi connectivity index (χ4n) is 9.45. The van der Waals surface area contributed by atoms with Crippen LogP contribution in [0, 0.1) is 17.8 Å². The van der Waals surface area contributed by atoms with Crippen molar-refractivity contribution in [1.82, 2.24) is 4.90 Å². The van der Waals surface area contributed by atoms with Crippen LogP contribution in [0.5, 0.6) is 23.0 Å². The molecule has 0 saturated heterocycles. The van der Waals surface area contributed by atoms with Gasteiger partial charge in [0.2, 0.25) is 11.7 Å². The Bertz CT molecular complexity index is 2040. The molecule has 6 rings (SSSR count). The Hall–Kier alpha value is -4.97. The molecule has 6 unspecified atom stereocenters. The van der Waals surface area contributed by atoms with Gasteiger partial charge in [0.05, 0.1) is 31.8 Å². The molecule has 3 aliphatic rings. The number of oxime groups is 1. The average molecular weight is 837 g/mol. The topological polar surface area (TPSA) is 136 Å². The quantitative estimate of drug-likeness (QED) is 0.0466. The molecule has 1 saturated carbocycles. The summed E-state index contributed by atoms with van der Waals surface area (Å²) >= 11 is 0. The van der Waals surface area contributed by atoms with Crippen LogP contribution in [0.3, 0.4) is 0 Å². The monoisotopic (exact) mass is 836 g/mol. The van der Waals surface area contributed by atoms with Crippen LogP contribution in [0.4, 0.5) is 0 Å². The molecule has 6 atom stereocenters. The summed E-state index contributed by atoms with van der Waals surface area (Å²) in [6.07, 6.45) is 10.6. The number of methoxy groups -OCH3 is 1. The maximum Gasteiger partial charge on any atom is 0.239 e. The van der Waals surface area contributed by atoms with Gasteiger partial charge in [-0.15, -0.1) is 6.58 Å². The van der Waals surface area contributed by atoms with Crippen LogP contribution in [0.2, 0.25) is 0 Å². The number of carbonyl (C=O) groups is 2. The van der Waals surface area contributed by atoms with Crippen molar-refractivity contribution in [1.29, 1.82) is 0 Å². The second-order valence-corrected chi connectivity index (χ2v) is 17.4. The molecule has 1 amide bonds. The van der Waals surface area contributed by atoms with Gasteiger partial charge in [0.1, 0.15) is 40.9 Å². The second-order valence-electron chi connectivity index (χ2n) is 17.4. The first-order valence-electron chi connectivity index (χ1n) is 21.9. The van der Waals surface area contributed by atoms with Crippen LogP contribution in [-0.2, 0) is 20.8 Å². The summed E-state index contributed by atoms with van der Waals surface area (Å²) in [5, 5.41) is 24.8. The van der Waals surface area contributed by atoms with Crippen molar-refractivity contribution in [2.24, 2.45) is 22.9 Å². The van der Waals surface area contributed by atoms with Crippen molar-refractivity contribution >= 4 is 17.9 Å². The Balaban J connectivity index is 1.59. The van der Waals surface area contributed by atoms with Gasteiger partial charge in [-0.1, -0.05) is 61.3 Å². The lowest BCUT2D eigenvalue weighted by atomic mass is 9.55. The van der Waals surface area contributed by atoms with Crippen molar-refractivity contribution in [2.75, 3.05) is 33.5 Å². The minimum absolute atomic E-state index is 0.0534. The van der Waals surface area contributed by atoms with Gasteiger partial charge < -0.3 is 38.9 Å². The van der Waals surface area contributed by atoms with E-state index in [0.717, 1.165) is 54.4 Å². The second kappa shape index (κ2) is 20.7. The van der Waals surface area contributed by atoms with E-state index in [4.69, 9.17) is 28.9 Å². The number of unbranched alkanes of at least 4 members (excludes halogenated alkanes) is 2. The maximum atomic E-state index is 14.9. The number of aliphatic hydroxyl groups is 2. The first-order valence-corrected chi connectivity index (χ1v) is 21.9. The van der Waals surface area contributed by atoms with E-state index in [1.165, 1.54) is 0 Å². The van der Waals surface area contributed by atoms with E-state index in [0.29, 0.717) is 60.8 Å². The minimum Gasteiger partial charge on any atom is -0.497 e. The molecular formula is C50H64N2O9. The first kappa shape index (κ1) is 45.6. The smallest absolute Gasteiger partial charge is 0.239 e. The number of aliphatic hydroxyl groups excluding tert-OH is 2. The summed E-state index contributed by atoms with van der Waals surface area (Å²) in [7, 11) is 1.62. The van der Waals surface area contributed by atoms with Crippen LogP contribution < -0.4 is 14.2 Å². The van der Waals surface area contributed by atoms with E-state index >= 15 is 0 Å². The number of fused-ring (bicyclic) bond motifs is 2. The van der Waals surface area contributed by atoms with E-state index in [9.17, 15) is 19.8 Å². The lowest BCUT2D eigenvalue weighted by molar-refractivity contribution is -0.257. The summed E-state index contributed by atoms with van der Waals surface area (Å²) in [6, 6.07) is 19.9. The minimum atomic E-state index is -1.37. The van der Waals surface area contributed by atoms with Gasteiger partial charge in [-0.2, -0.15) is 0 Å². The number of amides is 1. The molecule has 11 nitrogen and oxygen atoms in total. The van der Waals surface area contributed by atoms with Crippen LogP contribution >= 0.6 is 0 Å². The zero-order chi connectivity index (χ0) is 43.6. The third kappa shape index (κ3) is 10.6. The zero-order valence-electron chi connectivity index (χ0n) is 36.5. The van der Waals surface area contributed by atoms with Gasteiger partial charge in [0, 0.05) is 43.2 Å². The van der Waals surface area contributed by atoms with E-state index in [-0.39, 0.29) is 49.9 Å². The van der Waals surface area contributed by atoms with Crippen LogP contribution in [0.15, 0.2) is 96.2 Å². The molecular weight excluding hydrogens is 773 g/mol. The number of nitrogens with zero attached hydrogens (tertiary/aromatic N) is 2. The maximum absolute atomic E-state index is 14.9. The molecule has 0 aromatic heterocycles. The fraction of sp³-hybridized carbons (Fsp3) is 0.500. The molecule has 0 radical (unpaired) electrons. The normalized spacial score (nSPS) is 23.5. The largest absolute Gasteiger partial charge is 0.497 e. The lowest BCUT2D eigenvalue weighted by Crippen LogP contribution is -2.70. The van der Waals surface area contributed by atoms with Gasteiger partial charge in [0.25, 0.3) is 0 Å². The SMILES string of the molecule is C=CCOC12Oc3ccc(Oc4cccc(C=O)c4)cc3C3C(CCCCO)C(CCCCO)C=C(C(=NOC(C)(C)C)CC1N(CCC)C(=O)Cc1cccc(OC)c1)C32. The highest BCUT2D eigenvalue weighted by Crippen LogP contribution is 2.62. The molecule has 1 heterocycles. The molecule has 2 aliphatic carbocycles. The van der Waals surface area contributed by atoms with E-state index in [1.54, 1.807) is 31.4 Å². The number of rotatable bonds is 21. The standard InChI is InChI=1S/C50H64N2O9/c1-7-23-52(46(56)29-34-15-13-18-37(27-34)57-6)45-32-43(51-61-49(3,4)5)41-30-36(17-9-11-24-53)40(20-10-12-25-54)47-42-31-39(59-38-19-14-16-35(28-38)33-55)21-22-44(42)60-50(45,48(41)47)58-26-8-2/h8,13-16,18-19,21-22,27-28,30-31,33,36,40,45,47-48,53-54H,2,7,9-12,17,20,23-26,29,32H2,1,3-6H3. The van der Waals surface area contributed by atoms with Gasteiger partial charge in [-0.05, 0) is 118 Å². The Kier molecular flexibility index (Phi) is 15.5. The van der Waals surface area contributed by atoms with Crippen LogP contribution in [0.1, 0.15) is 106 Å². The van der Waals surface area contributed by atoms with Crippen molar-refractivity contribution < 1.29 is 43.6 Å². The molecule has 328 valence electrons. The van der Waals surface area contributed by atoms with E-state index in [2.05, 4.69) is 19.6 Å². The Morgan fingerprint density at radius 2 is 1.72 bits per heavy atom. The number of ether oxygens (including phenoxy) is 4. The first-order chi connectivity index (χ1) is 29.5. The van der Waals surface area contributed by atoms with Crippen molar-refractivity contribution in [3.05, 3.63) is 108 Å². The zero-order valence-corrected chi connectivity index (χ0v) is 36.5. The summed E-state index contributed by atoms with van der Waals surface area (Å²) in [6.45, 7) is 12.8. The van der Waals surface area contributed by atoms with Crippen molar-refractivity contribution in [3.8, 4) is 23.0 Å². The molecule has 0 spiro atoms. The third-order valence-corrected chi connectivity index (χ3v) is 12.0. The number of aldehydes is 1. The molecule has 2 N–H and O–H groups in total. The van der Waals surface area contributed by atoms with Crippen molar-refractivity contribution in [2.45, 2.75) is 109 Å². The molecule has 1 aliphatic heterocycles. The number of hydrogen-bond acceptors (Lipinski definition) is 10. The number of carbonyl (C=O) groups excluding carboxylic acids is 2. The van der Waals surface area contributed by atoms with Crippen LogP contribution in [0.25, 0.3) is 0 Å². The van der Waals surface area contributed by atoms with Gasteiger partial charge in [-0.25, -0.2) is 0 Å². The van der Waals surface area contributed by atoms with E-state index in [1.807, 2.05) is 74.2 Å². The lowest BCUT2D eigenvalue weighted by Gasteiger charge is -2.60. The average Bonchev–Trinajstić information content (AvgIpc) is 3.25. The number of allylic oxidation sites excluding steroid dienone is 1. The molecule has 11 heteroatoms. The fourth-order valence-corrected chi connectivity index (χ4v) is 9.45. The summed E-state index contributed by atoms with van der Waals surface area (Å²) in [5.74, 6) is 0.458. The van der Waals surface area contributed by atoms with Crippen molar-refractivity contribution in [3.63, 3.8) is 0 Å². The third-order valence-electron chi connectivity index (χ3n) is 12.0. The van der Waals surface area contributed by atoms with Gasteiger partial charge in [0.15, 0.2) is 0 Å². The predicted molar refractivity (Wildman–Crippen MR) is 236 cm³/mol. The van der Waals surface area contributed by atoms with Crippen LogP contribution in [-0.4, -0.2) is 83.9 Å². The van der Waals surface area contributed by atoms with Gasteiger partial charge >= 0.3 is 0 Å². The Labute approximate surface area is 361 Å². The summed E-state index contributed by atoms with van der Waals surface area (Å²) in [5.41, 5.74) is 3.41. The number of benzene rings is 3. The predicted octanol–water partition coefficient (Wildman–Crippen LogP) is 9.21. The molecule has 3 aromatic carbocycles. The highest BCUT2D eigenvalue weighted by molar-refractivity contribution is 6.03. The Morgan fingerprint density at radius 1 is 0.984 bits per heavy atom. The molecule has 0 bridgehead atoms. The molecule has 3 aromatic rings. The van der Waals surface area contributed by atoms with E-state index < -0.39 is 23.3 Å². The highest BCUT2D eigenvalue weighted by Gasteiger charge is 2.65. The van der Waals surface area contributed by atoms with Gasteiger partial charge in [-0.3, -0.25) is 9.59 Å². The Morgan fingerprint density at radius 3 is 2.43 bits per heavy atom. The molecule has 1 fully saturated rings. The summed E-state index contributed by atoms with van der Waals surface area (Å²) in [4.78, 5) is 34.7. The highest BCUT2D eigenvalue weighted by atomic mass is 16.7. The molecule has 61 heavy (non-hydrogen) atoms. The summed E-state index contributed by atoms with van der Waals surface area (Å²) < 4.78 is 26.5.